The van der Waals surface area contributed by atoms with Crippen LogP contribution >= 0.6 is 0 Å². The zero-order valence-corrected chi connectivity index (χ0v) is 15.2. The van der Waals surface area contributed by atoms with Crippen LogP contribution in [-0.2, 0) is 14.3 Å². The fourth-order valence-electron chi connectivity index (χ4n) is 2.37. The van der Waals surface area contributed by atoms with Gasteiger partial charge in [0.1, 0.15) is 5.60 Å². The molecule has 0 amide bonds. The molecule has 1 atom stereocenters. The van der Waals surface area contributed by atoms with Crippen LogP contribution in [0.15, 0.2) is 0 Å². The van der Waals surface area contributed by atoms with Gasteiger partial charge in [0, 0.05) is 13.1 Å². The summed E-state index contributed by atoms with van der Waals surface area (Å²) in [6.07, 6.45) is 2.05. The minimum absolute atomic E-state index is 0.108. The second-order valence-corrected chi connectivity index (χ2v) is 6.75. The molecule has 0 aromatic heterocycles. The van der Waals surface area contributed by atoms with E-state index in [1.807, 2.05) is 34.6 Å². The fraction of sp³-hybridized carbons (Fsp3) is 0.941. The van der Waals surface area contributed by atoms with Crippen molar-refractivity contribution < 1.29 is 19.4 Å². The van der Waals surface area contributed by atoms with Crippen LogP contribution in [0.5, 0.6) is 0 Å². The first-order chi connectivity index (χ1) is 10.2. The van der Waals surface area contributed by atoms with Gasteiger partial charge in [0.2, 0.25) is 0 Å². The summed E-state index contributed by atoms with van der Waals surface area (Å²) in [5.74, 6) is -0.220. The molecule has 0 heterocycles. The average molecular weight is 317 g/mol. The van der Waals surface area contributed by atoms with Crippen LogP contribution in [0.2, 0.25) is 0 Å². The quantitative estimate of drug-likeness (QED) is 0.561. The fourth-order valence-corrected chi connectivity index (χ4v) is 2.37. The van der Waals surface area contributed by atoms with E-state index in [9.17, 15) is 4.79 Å². The van der Waals surface area contributed by atoms with Gasteiger partial charge in [-0.1, -0.05) is 6.92 Å². The number of carbonyl (C=O) groups is 1. The molecular weight excluding hydrogens is 282 g/mol. The number of nitrogens with zero attached hydrogens (tertiary/aromatic N) is 1. The molecule has 0 rings (SSSR count). The zero-order chi connectivity index (χ0) is 17.2. The van der Waals surface area contributed by atoms with Crippen molar-refractivity contribution in [2.45, 2.75) is 78.6 Å². The Bertz CT molecular complexity index is 299. The Hall–Kier alpha value is -0.650. The molecular formula is C17H35NO4. The van der Waals surface area contributed by atoms with E-state index in [0.717, 1.165) is 25.9 Å². The van der Waals surface area contributed by atoms with Crippen molar-refractivity contribution in [1.29, 1.82) is 0 Å². The van der Waals surface area contributed by atoms with Crippen LogP contribution < -0.4 is 0 Å². The summed E-state index contributed by atoms with van der Waals surface area (Å²) in [4.78, 5) is 14.2. The molecule has 0 aliphatic heterocycles. The minimum Gasteiger partial charge on any atom is -0.460 e. The molecule has 0 aliphatic rings. The highest BCUT2D eigenvalue weighted by Gasteiger charge is 2.25. The van der Waals surface area contributed by atoms with Crippen molar-refractivity contribution in [3.8, 4) is 0 Å². The topological polar surface area (TPSA) is 59.0 Å². The summed E-state index contributed by atoms with van der Waals surface area (Å²) in [6, 6.07) is 0. The van der Waals surface area contributed by atoms with Gasteiger partial charge in [0.25, 0.3) is 0 Å². The number of esters is 1. The Kier molecular flexibility index (Phi) is 10.6. The van der Waals surface area contributed by atoms with Crippen LogP contribution in [0.3, 0.4) is 0 Å². The van der Waals surface area contributed by atoms with E-state index in [2.05, 4.69) is 11.8 Å². The molecule has 1 N–H and O–H groups in total. The second kappa shape index (κ2) is 11.0. The van der Waals surface area contributed by atoms with Gasteiger partial charge < -0.3 is 19.5 Å². The van der Waals surface area contributed by atoms with Crippen LogP contribution in [-0.4, -0.2) is 60.0 Å². The van der Waals surface area contributed by atoms with E-state index in [4.69, 9.17) is 14.6 Å². The maximum atomic E-state index is 12.0. The average Bonchev–Trinajstić information content (AvgIpc) is 2.34. The molecule has 0 fully saturated rings. The molecule has 22 heavy (non-hydrogen) atoms. The first kappa shape index (κ1) is 21.4. The van der Waals surface area contributed by atoms with Gasteiger partial charge in [-0.3, -0.25) is 4.79 Å². The second-order valence-electron chi connectivity index (χ2n) is 6.75. The smallest absolute Gasteiger partial charge is 0.308 e. The largest absolute Gasteiger partial charge is 0.460 e. The Labute approximate surface area is 136 Å². The number of aliphatic hydroxyl groups excluding tert-OH is 1. The highest BCUT2D eigenvalue weighted by molar-refractivity contribution is 5.70. The first-order valence-electron chi connectivity index (χ1n) is 8.40. The van der Waals surface area contributed by atoms with Crippen molar-refractivity contribution in [2.75, 3.05) is 26.2 Å². The van der Waals surface area contributed by atoms with Gasteiger partial charge in [-0.05, 0) is 54.0 Å². The van der Waals surface area contributed by atoms with E-state index >= 15 is 0 Å². The molecule has 5 nitrogen and oxygen atoms in total. The lowest BCUT2D eigenvalue weighted by Crippen LogP contribution is -2.36. The number of hydrogen-bond acceptors (Lipinski definition) is 5. The lowest BCUT2D eigenvalue weighted by molar-refractivity contribution is -0.160. The molecule has 0 spiro atoms. The maximum Gasteiger partial charge on any atom is 0.308 e. The molecule has 0 saturated carbocycles. The molecule has 1 unspecified atom stereocenters. The summed E-state index contributed by atoms with van der Waals surface area (Å²) < 4.78 is 11.1. The number of hydrogen-bond donors (Lipinski definition) is 1. The molecule has 132 valence electrons. The standard InChI is InChI=1S/C17H35NO4/c1-7-9-18(11-12-19)10-8-17(5,6)22-16(20)13-15(4)21-14(2)3/h14-15,19H,7-13H2,1-6H3. The third-order valence-corrected chi connectivity index (χ3v) is 3.33. The van der Waals surface area contributed by atoms with Crippen molar-refractivity contribution in [3.05, 3.63) is 0 Å². The highest BCUT2D eigenvalue weighted by Crippen LogP contribution is 2.17. The van der Waals surface area contributed by atoms with Crippen molar-refractivity contribution in [2.24, 2.45) is 0 Å². The Morgan fingerprint density at radius 1 is 1.18 bits per heavy atom. The van der Waals surface area contributed by atoms with Crippen molar-refractivity contribution >= 4 is 5.97 Å². The van der Waals surface area contributed by atoms with E-state index in [1.54, 1.807) is 0 Å². The molecule has 0 radical (unpaired) electrons. The molecule has 5 heteroatoms. The van der Waals surface area contributed by atoms with Gasteiger partial charge >= 0.3 is 5.97 Å². The number of ether oxygens (including phenoxy) is 2. The molecule has 0 aromatic rings. The Morgan fingerprint density at radius 2 is 1.82 bits per heavy atom. The van der Waals surface area contributed by atoms with Gasteiger partial charge in [-0.15, -0.1) is 0 Å². The number of carbonyl (C=O) groups excluding carboxylic acids is 1. The van der Waals surface area contributed by atoms with Gasteiger partial charge in [0.15, 0.2) is 0 Å². The van der Waals surface area contributed by atoms with Crippen molar-refractivity contribution in [3.63, 3.8) is 0 Å². The number of rotatable bonds is 12. The van der Waals surface area contributed by atoms with E-state index in [-0.39, 0.29) is 31.2 Å². The van der Waals surface area contributed by atoms with E-state index in [0.29, 0.717) is 6.54 Å². The van der Waals surface area contributed by atoms with Gasteiger partial charge in [-0.25, -0.2) is 0 Å². The number of aliphatic hydroxyl groups is 1. The highest BCUT2D eigenvalue weighted by atomic mass is 16.6. The zero-order valence-electron chi connectivity index (χ0n) is 15.2. The predicted octanol–water partition coefficient (Wildman–Crippen LogP) is 2.61. The maximum absolute atomic E-state index is 12.0. The summed E-state index contributed by atoms with van der Waals surface area (Å²) in [6.45, 7) is 14.4. The van der Waals surface area contributed by atoms with Crippen LogP contribution in [0, 0.1) is 0 Å². The minimum atomic E-state index is -0.504. The third-order valence-electron chi connectivity index (χ3n) is 3.33. The summed E-state index contributed by atoms with van der Waals surface area (Å²) in [5, 5.41) is 9.07. The lowest BCUT2D eigenvalue weighted by Gasteiger charge is -2.29. The molecule has 0 bridgehead atoms. The summed E-state index contributed by atoms with van der Waals surface area (Å²) in [7, 11) is 0. The summed E-state index contributed by atoms with van der Waals surface area (Å²) in [5.41, 5.74) is -0.504. The monoisotopic (exact) mass is 317 g/mol. The van der Waals surface area contributed by atoms with Crippen LogP contribution in [0.4, 0.5) is 0 Å². The van der Waals surface area contributed by atoms with Gasteiger partial charge in [0.05, 0.1) is 25.2 Å². The Balaban J connectivity index is 4.23. The predicted molar refractivity (Wildman–Crippen MR) is 88.9 cm³/mol. The lowest BCUT2D eigenvalue weighted by atomic mass is 10.0. The normalized spacial score (nSPS) is 13.7. The Morgan fingerprint density at radius 3 is 2.32 bits per heavy atom. The SMILES string of the molecule is CCCN(CCO)CCC(C)(C)OC(=O)CC(C)OC(C)C. The van der Waals surface area contributed by atoms with Crippen LogP contribution in [0.1, 0.15) is 60.8 Å². The third kappa shape index (κ3) is 11.0. The van der Waals surface area contributed by atoms with E-state index < -0.39 is 5.60 Å². The van der Waals surface area contributed by atoms with Crippen LogP contribution in [0.25, 0.3) is 0 Å². The molecule has 0 aliphatic carbocycles. The van der Waals surface area contributed by atoms with E-state index in [1.165, 1.54) is 0 Å². The first-order valence-corrected chi connectivity index (χ1v) is 8.40. The molecule has 0 aromatic carbocycles. The molecule has 0 saturated heterocycles. The van der Waals surface area contributed by atoms with Gasteiger partial charge in [-0.2, -0.15) is 0 Å². The summed E-state index contributed by atoms with van der Waals surface area (Å²) >= 11 is 0. The van der Waals surface area contributed by atoms with Crippen molar-refractivity contribution in [1.82, 2.24) is 4.90 Å².